The first-order chi connectivity index (χ1) is 13.8. The molecule has 1 amide bonds. The molecule has 29 heavy (non-hydrogen) atoms. The van der Waals surface area contributed by atoms with Gasteiger partial charge in [-0.15, -0.1) is 0 Å². The van der Waals surface area contributed by atoms with Crippen LogP contribution in [0.5, 0.6) is 5.75 Å². The molecule has 0 radical (unpaired) electrons. The summed E-state index contributed by atoms with van der Waals surface area (Å²) < 4.78 is 31.5. The Morgan fingerprint density at radius 2 is 2.07 bits per heavy atom. The molecule has 0 unspecified atom stereocenters. The summed E-state index contributed by atoms with van der Waals surface area (Å²) >= 11 is 0. The van der Waals surface area contributed by atoms with Crippen molar-refractivity contribution in [3.8, 4) is 5.75 Å². The molecule has 1 saturated carbocycles. The van der Waals surface area contributed by atoms with Crippen LogP contribution in [0.1, 0.15) is 75.8 Å². The van der Waals surface area contributed by atoms with Crippen LogP contribution in [0.3, 0.4) is 0 Å². The van der Waals surface area contributed by atoms with Gasteiger partial charge < -0.3 is 19.0 Å². The van der Waals surface area contributed by atoms with Crippen LogP contribution in [0.2, 0.25) is 0 Å². The number of oxazole rings is 1. The summed E-state index contributed by atoms with van der Waals surface area (Å²) in [7, 11) is 0. The van der Waals surface area contributed by atoms with Gasteiger partial charge in [0.2, 0.25) is 11.7 Å². The van der Waals surface area contributed by atoms with Crippen molar-refractivity contribution in [3.05, 3.63) is 41.4 Å². The number of aromatic nitrogens is 2. The summed E-state index contributed by atoms with van der Waals surface area (Å²) in [5.41, 5.74) is 1.45. The summed E-state index contributed by atoms with van der Waals surface area (Å²) in [5, 5.41) is 6.87. The van der Waals surface area contributed by atoms with Gasteiger partial charge >= 0.3 is 0 Å². The Labute approximate surface area is 167 Å². The number of amides is 1. The minimum absolute atomic E-state index is 0.0827. The third-order valence-electron chi connectivity index (χ3n) is 5.17. The van der Waals surface area contributed by atoms with Gasteiger partial charge in [-0.05, 0) is 31.9 Å². The van der Waals surface area contributed by atoms with Gasteiger partial charge in [-0.25, -0.2) is 4.98 Å². The van der Waals surface area contributed by atoms with Gasteiger partial charge in [0.1, 0.15) is 11.6 Å². The molecule has 1 aromatic carbocycles. The number of halogens is 1. The SMILES string of the molecule is CC(=O)N[C@@H](C)c1cc(C2CC(Oc3ccc4nc(C(C)C)oc4c3F)C2)no1. The fourth-order valence-electron chi connectivity index (χ4n) is 3.46. The van der Waals surface area contributed by atoms with Crippen molar-refractivity contribution in [2.75, 3.05) is 0 Å². The lowest BCUT2D eigenvalue weighted by Crippen LogP contribution is -2.32. The normalized spacial score (nSPS) is 19.9. The highest BCUT2D eigenvalue weighted by atomic mass is 19.1. The van der Waals surface area contributed by atoms with E-state index in [9.17, 15) is 9.18 Å². The molecule has 1 atom stereocenters. The van der Waals surface area contributed by atoms with E-state index in [0.29, 0.717) is 30.0 Å². The highest BCUT2D eigenvalue weighted by molar-refractivity contribution is 5.75. The number of carbonyl (C=O) groups is 1. The Balaban J connectivity index is 1.39. The second-order valence-electron chi connectivity index (χ2n) is 7.92. The minimum Gasteiger partial charge on any atom is -0.487 e. The lowest BCUT2D eigenvalue weighted by molar-refractivity contribution is -0.119. The van der Waals surface area contributed by atoms with E-state index in [1.165, 1.54) is 6.92 Å². The quantitative estimate of drug-likeness (QED) is 0.649. The molecule has 1 N–H and O–H groups in total. The Hall–Kier alpha value is -2.90. The van der Waals surface area contributed by atoms with Crippen molar-refractivity contribution in [2.24, 2.45) is 0 Å². The molecule has 0 saturated heterocycles. The number of benzene rings is 1. The number of ether oxygens (including phenoxy) is 1. The number of hydrogen-bond donors (Lipinski definition) is 1. The average Bonchev–Trinajstić information content (AvgIpc) is 3.26. The first kappa shape index (κ1) is 19.4. The molecule has 8 heteroatoms. The standard InChI is InChI=1S/C21H24FN3O4/c1-10(2)21-24-15-5-6-17(19(22)20(15)28-21)27-14-7-13(8-14)16-9-18(29-25-16)11(3)23-12(4)26/h5-6,9-11,13-14H,7-8H2,1-4H3,(H,23,26)/t11-,13?,14?/m0/s1. The molecule has 1 aliphatic rings. The topological polar surface area (TPSA) is 90.4 Å². The maximum absolute atomic E-state index is 14.8. The Morgan fingerprint density at radius 1 is 1.31 bits per heavy atom. The third-order valence-corrected chi connectivity index (χ3v) is 5.17. The van der Waals surface area contributed by atoms with E-state index in [4.69, 9.17) is 13.7 Å². The van der Waals surface area contributed by atoms with Crippen LogP contribution < -0.4 is 10.1 Å². The van der Waals surface area contributed by atoms with Crippen molar-refractivity contribution in [2.45, 2.75) is 64.5 Å². The number of hydrogen-bond acceptors (Lipinski definition) is 6. The van der Waals surface area contributed by atoms with Crippen molar-refractivity contribution in [1.82, 2.24) is 15.5 Å². The van der Waals surface area contributed by atoms with Crippen LogP contribution in [0.15, 0.2) is 27.1 Å². The van der Waals surface area contributed by atoms with Crippen molar-refractivity contribution in [1.29, 1.82) is 0 Å². The van der Waals surface area contributed by atoms with Gasteiger partial charge in [0.25, 0.3) is 0 Å². The Bertz CT molecular complexity index is 1040. The van der Waals surface area contributed by atoms with Crippen LogP contribution in [-0.4, -0.2) is 22.2 Å². The fraction of sp³-hybridized carbons (Fsp3) is 0.476. The third kappa shape index (κ3) is 3.83. The van der Waals surface area contributed by atoms with Crippen LogP contribution in [-0.2, 0) is 4.79 Å². The van der Waals surface area contributed by atoms with Crippen LogP contribution in [0, 0.1) is 5.82 Å². The largest absolute Gasteiger partial charge is 0.487 e. The molecule has 4 rings (SSSR count). The van der Waals surface area contributed by atoms with Crippen molar-refractivity contribution < 1.29 is 22.9 Å². The van der Waals surface area contributed by atoms with Crippen molar-refractivity contribution >= 4 is 17.0 Å². The van der Waals surface area contributed by atoms with Crippen molar-refractivity contribution in [3.63, 3.8) is 0 Å². The average molecular weight is 401 g/mol. The molecule has 0 aliphatic heterocycles. The molecule has 0 bridgehead atoms. The maximum Gasteiger partial charge on any atom is 0.217 e. The zero-order valence-electron chi connectivity index (χ0n) is 16.9. The minimum atomic E-state index is -0.516. The second-order valence-corrected chi connectivity index (χ2v) is 7.92. The summed E-state index contributed by atoms with van der Waals surface area (Å²) in [6, 6.07) is 4.93. The van der Waals surface area contributed by atoms with Crippen LogP contribution in [0.4, 0.5) is 4.39 Å². The van der Waals surface area contributed by atoms with Crippen LogP contribution >= 0.6 is 0 Å². The van der Waals surface area contributed by atoms with E-state index >= 15 is 0 Å². The van der Waals surface area contributed by atoms with Crippen LogP contribution in [0.25, 0.3) is 11.1 Å². The van der Waals surface area contributed by atoms with E-state index in [1.807, 2.05) is 26.8 Å². The molecule has 0 spiro atoms. The molecule has 1 aliphatic carbocycles. The zero-order chi connectivity index (χ0) is 20.7. The number of rotatable bonds is 6. The number of nitrogens with one attached hydrogen (secondary N) is 1. The highest BCUT2D eigenvalue weighted by Crippen LogP contribution is 2.40. The number of nitrogens with zero attached hydrogens (tertiary/aromatic N) is 2. The number of fused-ring (bicyclic) bond motifs is 1. The monoisotopic (exact) mass is 401 g/mol. The van der Waals surface area contributed by atoms with E-state index in [2.05, 4.69) is 15.5 Å². The molecular weight excluding hydrogens is 377 g/mol. The van der Waals surface area contributed by atoms with Gasteiger partial charge in [0.05, 0.1) is 11.7 Å². The van der Waals surface area contributed by atoms with Gasteiger partial charge in [-0.1, -0.05) is 19.0 Å². The second kappa shape index (κ2) is 7.50. The molecule has 154 valence electrons. The Kier molecular flexibility index (Phi) is 5.02. The lowest BCUT2D eigenvalue weighted by Gasteiger charge is -2.34. The summed E-state index contributed by atoms with van der Waals surface area (Å²) in [5.74, 6) is 0.924. The molecule has 3 aromatic rings. The summed E-state index contributed by atoms with van der Waals surface area (Å²) in [4.78, 5) is 15.5. The predicted molar refractivity (Wildman–Crippen MR) is 103 cm³/mol. The highest BCUT2D eigenvalue weighted by Gasteiger charge is 2.35. The maximum atomic E-state index is 14.8. The Morgan fingerprint density at radius 3 is 2.76 bits per heavy atom. The summed E-state index contributed by atoms with van der Waals surface area (Å²) in [6.45, 7) is 7.19. The number of carbonyl (C=O) groups excluding carboxylic acids is 1. The smallest absolute Gasteiger partial charge is 0.217 e. The van der Waals surface area contributed by atoms with E-state index in [-0.39, 0.29) is 41.2 Å². The molecule has 2 aromatic heterocycles. The molecule has 2 heterocycles. The first-order valence-electron chi connectivity index (χ1n) is 9.81. The fourth-order valence-corrected chi connectivity index (χ4v) is 3.46. The summed E-state index contributed by atoms with van der Waals surface area (Å²) in [6.07, 6.45) is 1.32. The molecular formula is C21H24FN3O4. The lowest BCUT2D eigenvalue weighted by atomic mass is 9.80. The van der Waals surface area contributed by atoms with E-state index < -0.39 is 5.82 Å². The molecule has 1 fully saturated rings. The van der Waals surface area contributed by atoms with Gasteiger partial charge in [0.15, 0.2) is 23.0 Å². The molecule has 7 nitrogen and oxygen atoms in total. The van der Waals surface area contributed by atoms with E-state index in [1.54, 1.807) is 12.1 Å². The predicted octanol–water partition coefficient (Wildman–Crippen LogP) is 4.60. The van der Waals surface area contributed by atoms with Gasteiger partial charge in [-0.2, -0.15) is 4.39 Å². The first-order valence-corrected chi connectivity index (χ1v) is 9.81. The van der Waals surface area contributed by atoms with E-state index in [0.717, 1.165) is 5.69 Å². The van der Waals surface area contributed by atoms with Gasteiger partial charge in [0, 0.05) is 24.8 Å². The zero-order valence-corrected chi connectivity index (χ0v) is 16.9. The van der Waals surface area contributed by atoms with Gasteiger partial charge in [-0.3, -0.25) is 4.79 Å².